The second-order valence-corrected chi connectivity index (χ2v) is 4.31. The van der Waals surface area contributed by atoms with Crippen LogP contribution in [0.15, 0.2) is 35.3 Å². The summed E-state index contributed by atoms with van der Waals surface area (Å²) < 4.78 is 0.836. The van der Waals surface area contributed by atoms with E-state index in [1.807, 2.05) is 25.1 Å². The summed E-state index contributed by atoms with van der Waals surface area (Å²) in [6.07, 6.45) is 1.71. The number of likely N-dealkylation sites (N-methyl/N-ethyl adjacent to an activating group) is 1. The SMILES string of the molecule is C=CCN(C)C(=O)c1ccc(C)cc1Br. The summed E-state index contributed by atoms with van der Waals surface area (Å²) in [6.45, 7) is 6.15. The highest BCUT2D eigenvalue weighted by molar-refractivity contribution is 9.10. The highest BCUT2D eigenvalue weighted by Crippen LogP contribution is 2.19. The Bertz CT molecular complexity index is 387. The highest BCUT2D eigenvalue weighted by atomic mass is 79.9. The van der Waals surface area contributed by atoms with Gasteiger partial charge in [0.1, 0.15) is 0 Å². The van der Waals surface area contributed by atoms with E-state index in [0.29, 0.717) is 12.1 Å². The van der Waals surface area contributed by atoms with Crippen molar-refractivity contribution in [3.05, 3.63) is 46.5 Å². The average molecular weight is 268 g/mol. The molecule has 1 amide bonds. The first-order valence-electron chi connectivity index (χ1n) is 4.68. The van der Waals surface area contributed by atoms with Crippen LogP contribution in [0.4, 0.5) is 0 Å². The van der Waals surface area contributed by atoms with E-state index >= 15 is 0 Å². The van der Waals surface area contributed by atoms with Gasteiger partial charge in [-0.05, 0) is 40.5 Å². The standard InChI is InChI=1S/C12H14BrNO/c1-4-7-14(3)12(15)10-6-5-9(2)8-11(10)13/h4-6,8H,1,7H2,2-3H3. The fourth-order valence-electron chi connectivity index (χ4n) is 1.28. The zero-order valence-electron chi connectivity index (χ0n) is 8.96. The number of carbonyl (C=O) groups excluding carboxylic acids is 1. The molecule has 15 heavy (non-hydrogen) atoms. The molecule has 0 aliphatic heterocycles. The number of carbonyl (C=O) groups is 1. The third-order valence-corrected chi connectivity index (χ3v) is 2.76. The van der Waals surface area contributed by atoms with Crippen molar-refractivity contribution in [2.24, 2.45) is 0 Å². The van der Waals surface area contributed by atoms with E-state index in [4.69, 9.17) is 0 Å². The molecule has 1 aromatic carbocycles. The molecular formula is C12H14BrNO. The van der Waals surface area contributed by atoms with Crippen LogP contribution in [0.2, 0.25) is 0 Å². The highest BCUT2D eigenvalue weighted by Gasteiger charge is 2.13. The molecule has 0 aliphatic carbocycles. The van der Waals surface area contributed by atoms with Crippen LogP contribution >= 0.6 is 15.9 Å². The van der Waals surface area contributed by atoms with Crippen LogP contribution < -0.4 is 0 Å². The van der Waals surface area contributed by atoms with Gasteiger partial charge in [0.05, 0.1) is 5.56 Å². The van der Waals surface area contributed by atoms with E-state index in [2.05, 4.69) is 22.5 Å². The second kappa shape index (κ2) is 5.12. The molecule has 0 fully saturated rings. The fraction of sp³-hybridized carbons (Fsp3) is 0.250. The first-order chi connectivity index (χ1) is 7.06. The second-order valence-electron chi connectivity index (χ2n) is 3.46. The van der Waals surface area contributed by atoms with Gasteiger partial charge in [0.25, 0.3) is 5.91 Å². The summed E-state index contributed by atoms with van der Waals surface area (Å²) in [4.78, 5) is 13.5. The van der Waals surface area contributed by atoms with E-state index in [1.165, 1.54) is 0 Å². The third-order valence-electron chi connectivity index (χ3n) is 2.10. The van der Waals surface area contributed by atoms with Gasteiger partial charge in [-0.3, -0.25) is 4.79 Å². The van der Waals surface area contributed by atoms with Gasteiger partial charge in [-0.25, -0.2) is 0 Å². The Labute approximate surface area is 98.7 Å². The minimum Gasteiger partial charge on any atom is -0.338 e. The van der Waals surface area contributed by atoms with Crippen LogP contribution in [-0.4, -0.2) is 24.4 Å². The summed E-state index contributed by atoms with van der Waals surface area (Å²) in [5, 5.41) is 0. The number of benzene rings is 1. The molecule has 0 atom stereocenters. The molecule has 2 nitrogen and oxygen atoms in total. The zero-order chi connectivity index (χ0) is 11.4. The Kier molecular flexibility index (Phi) is 4.09. The molecule has 0 heterocycles. The normalized spacial score (nSPS) is 9.80. The Balaban J connectivity index is 2.96. The summed E-state index contributed by atoms with van der Waals surface area (Å²) >= 11 is 3.39. The largest absolute Gasteiger partial charge is 0.338 e. The lowest BCUT2D eigenvalue weighted by atomic mass is 10.1. The molecule has 0 spiro atoms. The molecule has 0 N–H and O–H groups in total. The van der Waals surface area contributed by atoms with E-state index in [1.54, 1.807) is 18.0 Å². The first-order valence-corrected chi connectivity index (χ1v) is 5.48. The van der Waals surface area contributed by atoms with Crippen LogP contribution in [-0.2, 0) is 0 Å². The van der Waals surface area contributed by atoms with E-state index in [9.17, 15) is 4.79 Å². The van der Waals surface area contributed by atoms with E-state index < -0.39 is 0 Å². The number of halogens is 1. The minimum absolute atomic E-state index is 0.00164. The maximum Gasteiger partial charge on any atom is 0.255 e. The van der Waals surface area contributed by atoms with Crippen molar-refractivity contribution in [1.82, 2.24) is 4.90 Å². The van der Waals surface area contributed by atoms with Gasteiger partial charge in [0, 0.05) is 18.1 Å². The van der Waals surface area contributed by atoms with Crippen molar-refractivity contribution in [2.75, 3.05) is 13.6 Å². The van der Waals surface area contributed by atoms with Gasteiger partial charge in [0.2, 0.25) is 0 Å². The molecular weight excluding hydrogens is 254 g/mol. The smallest absolute Gasteiger partial charge is 0.255 e. The molecule has 1 aromatic rings. The van der Waals surface area contributed by atoms with Gasteiger partial charge in [-0.1, -0.05) is 12.1 Å². The lowest BCUT2D eigenvalue weighted by Crippen LogP contribution is -2.26. The summed E-state index contributed by atoms with van der Waals surface area (Å²) in [6, 6.07) is 5.70. The van der Waals surface area contributed by atoms with Crippen molar-refractivity contribution in [2.45, 2.75) is 6.92 Å². The predicted molar refractivity (Wildman–Crippen MR) is 66.0 cm³/mol. The van der Waals surface area contributed by atoms with E-state index in [-0.39, 0.29) is 5.91 Å². The maximum atomic E-state index is 11.9. The molecule has 3 heteroatoms. The molecule has 0 saturated heterocycles. The van der Waals surface area contributed by atoms with Gasteiger partial charge in [-0.15, -0.1) is 6.58 Å². The fourth-order valence-corrected chi connectivity index (χ4v) is 1.94. The van der Waals surface area contributed by atoms with Crippen molar-refractivity contribution in [3.63, 3.8) is 0 Å². The summed E-state index contributed by atoms with van der Waals surface area (Å²) in [5.41, 5.74) is 1.81. The number of amides is 1. The Hall–Kier alpha value is -1.09. The molecule has 0 aromatic heterocycles. The van der Waals surface area contributed by atoms with Crippen molar-refractivity contribution in [1.29, 1.82) is 0 Å². The van der Waals surface area contributed by atoms with Crippen molar-refractivity contribution in [3.8, 4) is 0 Å². The van der Waals surface area contributed by atoms with Crippen LogP contribution in [0.1, 0.15) is 15.9 Å². The number of rotatable bonds is 3. The number of aryl methyl sites for hydroxylation is 1. The Morgan fingerprint density at radius 2 is 2.27 bits per heavy atom. The molecule has 0 unspecified atom stereocenters. The molecule has 1 rings (SSSR count). The van der Waals surface area contributed by atoms with Gasteiger partial charge in [0.15, 0.2) is 0 Å². The van der Waals surface area contributed by atoms with Gasteiger partial charge in [-0.2, -0.15) is 0 Å². The average Bonchev–Trinajstić information content (AvgIpc) is 2.17. The van der Waals surface area contributed by atoms with Crippen LogP contribution in [0.3, 0.4) is 0 Å². The van der Waals surface area contributed by atoms with Crippen molar-refractivity contribution < 1.29 is 4.79 Å². The summed E-state index contributed by atoms with van der Waals surface area (Å²) in [5.74, 6) is 0.00164. The van der Waals surface area contributed by atoms with Gasteiger partial charge < -0.3 is 4.90 Å². The molecule has 0 radical (unpaired) electrons. The maximum absolute atomic E-state index is 11.9. The number of hydrogen-bond acceptors (Lipinski definition) is 1. The lowest BCUT2D eigenvalue weighted by Gasteiger charge is -2.15. The topological polar surface area (TPSA) is 20.3 Å². The van der Waals surface area contributed by atoms with Crippen LogP contribution in [0.5, 0.6) is 0 Å². The van der Waals surface area contributed by atoms with Crippen LogP contribution in [0.25, 0.3) is 0 Å². The summed E-state index contributed by atoms with van der Waals surface area (Å²) in [7, 11) is 1.76. The van der Waals surface area contributed by atoms with Crippen LogP contribution in [0, 0.1) is 6.92 Å². The molecule has 80 valence electrons. The third kappa shape index (κ3) is 2.93. The van der Waals surface area contributed by atoms with E-state index in [0.717, 1.165) is 10.0 Å². The molecule has 0 saturated carbocycles. The molecule has 0 bridgehead atoms. The first kappa shape index (κ1) is 12.0. The lowest BCUT2D eigenvalue weighted by molar-refractivity contribution is 0.0809. The van der Waals surface area contributed by atoms with Gasteiger partial charge >= 0.3 is 0 Å². The Morgan fingerprint density at radius 3 is 2.80 bits per heavy atom. The zero-order valence-corrected chi connectivity index (χ0v) is 10.5. The molecule has 0 aliphatic rings. The quantitative estimate of drug-likeness (QED) is 0.772. The van der Waals surface area contributed by atoms with Crippen molar-refractivity contribution >= 4 is 21.8 Å². The minimum atomic E-state index is 0.00164. The predicted octanol–water partition coefficient (Wildman–Crippen LogP) is 3.02. The number of hydrogen-bond donors (Lipinski definition) is 0. The monoisotopic (exact) mass is 267 g/mol. The Morgan fingerprint density at radius 1 is 1.60 bits per heavy atom. The number of nitrogens with zero attached hydrogens (tertiary/aromatic N) is 1.